The molecule has 2 heterocycles. The standard InChI is InChI=1S/C36H35NO4/c1-21-13-26(15-24(17-28-19-40-28)34(21)37-23(3)38)36(27-14-22(2)35(39-4)25(16-27)18-29-20-41-29)32-11-7-5-9-30(32)31-10-6-8-12-33(31)36/h5-16,28-29H,17-20H2,1-4H3,(H,37,38). The van der Waals surface area contributed by atoms with Gasteiger partial charge >= 0.3 is 0 Å². The van der Waals surface area contributed by atoms with Gasteiger partial charge in [0.05, 0.1) is 37.9 Å². The van der Waals surface area contributed by atoms with Crippen LogP contribution in [0.25, 0.3) is 11.1 Å². The number of methoxy groups -OCH3 is 1. The number of aryl methyl sites for hydroxylation is 2. The molecule has 5 heteroatoms. The molecule has 3 aliphatic rings. The minimum atomic E-state index is -0.554. The summed E-state index contributed by atoms with van der Waals surface area (Å²) in [5.41, 5.74) is 12.2. The summed E-state index contributed by atoms with van der Waals surface area (Å²) >= 11 is 0. The molecule has 7 rings (SSSR count). The third kappa shape index (κ3) is 4.35. The number of carbonyl (C=O) groups is 1. The molecule has 1 amide bonds. The maximum Gasteiger partial charge on any atom is 0.221 e. The van der Waals surface area contributed by atoms with Crippen LogP contribution in [-0.4, -0.2) is 38.4 Å². The Labute approximate surface area is 241 Å². The van der Waals surface area contributed by atoms with Crippen molar-refractivity contribution >= 4 is 11.6 Å². The van der Waals surface area contributed by atoms with Crippen molar-refractivity contribution in [2.24, 2.45) is 0 Å². The predicted molar refractivity (Wildman–Crippen MR) is 161 cm³/mol. The highest BCUT2D eigenvalue weighted by atomic mass is 16.6. The van der Waals surface area contributed by atoms with Crippen LogP contribution in [0.5, 0.6) is 5.75 Å². The number of amides is 1. The van der Waals surface area contributed by atoms with Gasteiger partial charge in [0.2, 0.25) is 5.91 Å². The van der Waals surface area contributed by atoms with Gasteiger partial charge in [-0.05, 0) is 69.5 Å². The van der Waals surface area contributed by atoms with E-state index in [0.29, 0.717) is 0 Å². The molecule has 0 radical (unpaired) electrons. The fourth-order valence-electron chi connectivity index (χ4n) is 6.99. The van der Waals surface area contributed by atoms with E-state index in [1.54, 1.807) is 14.0 Å². The van der Waals surface area contributed by atoms with Crippen LogP contribution in [0.2, 0.25) is 0 Å². The monoisotopic (exact) mass is 545 g/mol. The van der Waals surface area contributed by atoms with Crippen molar-refractivity contribution in [3.8, 4) is 16.9 Å². The average molecular weight is 546 g/mol. The summed E-state index contributed by atoms with van der Waals surface area (Å²) in [6.07, 6.45) is 2.00. The van der Waals surface area contributed by atoms with E-state index in [1.165, 1.54) is 38.9 Å². The number of hydrogen-bond acceptors (Lipinski definition) is 4. The quantitative estimate of drug-likeness (QED) is 0.226. The normalized spacial score (nSPS) is 19.3. The summed E-state index contributed by atoms with van der Waals surface area (Å²) in [6.45, 7) is 7.35. The molecule has 4 aromatic rings. The molecule has 2 fully saturated rings. The molecule has 0 spiro atoms. The molecule has 0 bridgehead atoms. The number of anilines is 1. The number of rotatable bonds is 8. The Balaban J connectivity index is 1.56. The summed E-state index contributed by atoms with van der Waals surface area (Å²) in [7, 11) is 1.76. The van der Waals surface area contributed by atoms with Gasteiger partial charge in [0.15, 0.2) is 0 Å². The summed E-state index contributed by atoms with van der Waals surface area (Å²) in [6, 6.07) is 26.8. The van der Waals surface area contributed by atoms with Gasteiger partial charge in [-0.1, -0.05) is 72.8 Å². The van der Waals surface area contributed by atoms with Gasteiger partial charge in [-0.25, -0.2) is 0 Å². The number of carbonyl (C=O) groups excluding carboxylic acids is 1. The second kappa shape index (κ2) is 9.86. The Bertz CT molecular complexity index is 1640. The first-order chi connectivity index (χ1) is 19.9. The van der Waals surface area contributed by atoms with Gasteiger partial charge < -0.3 is 19.5 Å². The lowest BCUT2D eigenvalue weighted by molar-refractivity contribution is -0.114. The third-order valence-corrected chi connectivity index (χ3v) is 8.79. The van der Waals surface area contributed by atoms with E-state index in [4.69, 9.17) is 14.2 Å². The SMILES string of the molecule is COc1c(C)cc(C2(c3cc(C)c(NC(C)=O)c(CC4CO4)c3)c3ccccc3-c3ccccc32)cc1CC1CO1. The molecule has 2 aliphatic heterocycles. The van der Waals surface area contributed by atoms with Crippen LogP contribution >= 0.6 is 0 Å². The van der Waals surface area contributed by atoms with E-state index < -0.39 is 5.41 Å². The topological polar surface area (TPSA) is 63.4 Å². The minimum absolute atomic E-state index is 0.0668. The number of ether oxygens (including phenoxy) is 3. The highest BCUT2D eigenvalue weighted by Gasteiger charge is 2.47. The number of benzene rings is 4. The Kier molecular flexibility index (Phi) is 6.25. The molecule has 2 saturated heterocycles. The van der Waals surface area contributed by atoms with Crippen molar-refractivity contribution in [2.75, 3.05) is 25.6 Å². The molecule has 41 heavy (non-hydrogen) atoms. The first-order valence-corrected chi connectivity index (χ1v) is 14.4. The molecule has 0 saturated carbocycles. The van der Waals surface area contributed by atoms with Crippen molar-refractivity contribution < 1.29 is 19.0 Å². The first kappa shape index (κ1) is 26.0. The molecule has 208 valence electrons. The predicted octanol–water partition coefficient (Wildman–Crippen LogP) is 6.52. The smallest absolute Gasteiger partial charge is 0.221 e. The van der Waals surface area contributed by atoms with Crippen LogP contribution in [0.1, 0.15) is 51.4 Å². The van der Waals surface area contributed by atoms with Gasteiger partial charge in [0.1, 0.15) is 5.75 Å². The lowest BCUT2D eigenvalue weighted by Crippen LogP contribution is -2.30. The fourth-order valence-corrected chi connectivity index (χ4v) is 6.99. The second-order valence-electron chi connectivity index (χ2n) is 11.7. The summed E-state index contributed by atoms with van der Waals surface area (Å²) in [5.74, 6) is 0.866. The molecular formula is C36H35NO4. The maximum absolute atomic E-state index is 12.2. The molecule has 2 atom stereocenters. The Morgan fingerprint density at radius 1 is 0.829 bits per heavy atom. The first-order valence-electron chi connectivity index (χ1n) is 14.4. The fraction of sp³-hybridized carbons (Fsp3) is 0.306. The Morgan fingerprint density at radius 3 is 1.88 bits per heavy atom. The lowest BCUT2D eigenvalue weighted by atomic mass is 9.66. The number of epoxide rings is 2. The summed E-state index contributed by atoms with van der Waals surface area (Å²) < 4.78 is 17.2. The highest BCUT2D eigenvalue weighted by Crippen LogP contribution is 2.57. The van der Waals surface area contributed by atoms with E-state index in [0.717, 1.165) is 54.2 Å². The zero-order valence-electron chi connectivity index (χ0n) is 24.0. The van der Waals surface area contributed by atoms with Crippen LogP contribution in [-0.2, 0) is 32.5 Å². The molecule has 1 aliphatic carbocycles. The zero-order chi connectivity index (χ0) is 28.3. The van der Waals surface area contributed by atoms with E-state index in [2.05, 4.69) is 92.0 Å². The molecule has 5 nitrogen and oxygen atoms in total. The lowest BCUT2D eigenvalue weighted by Gasteiger charge is -2.36. The average Bonchev–Trinajstić information content (AvgIpc) is 3.90. The van der Waals surface area contributed by atoms with Gasteiger partial charge in [0, 0.05) is 25.5 Å². The number of nitrogens with one attached hydrogen (secondary N) is 1. The summed E-state index contributed by atoms with van der Waals surface area (Å²) in [5, 5.41) is 3.12. The van der Waals surface area contributed by atoms with Gasteiger partial charge in [-0.2, -0.15) is 0 Å². The zero-order valence-corrected chi connectivity index (χ0v) is 24.0. The molecule has 0 aromatic heterocycles. The highest BCUT2D eigenvalue weighted by molar-refractivity contribution is 5.91. The van der Waals surface area contributed by atoms with Crippen LogP contribution in [0.3, 0.4) is 0 Å². The van der Waals surface area contributed by atoms with Crippen molar-refractivity contribution in [2.45, 2.75) is 51.2 Å². The van der Waals surface area contributed by atoms with E-state index in [1.807, 2.05) is 0 Å². The van der Waals surface area contributed by atoms with Crippen LogP contribution in [0.4, 0.5) is 5.69 Å². The summed E-state index contributed by atoms with van der Waals surface area (Å²) in [4.78, 5) is 12.2. The van der Waals surface area contributed by atoms with Crippen molar-refractivity contribution in [1.29, 1.82) is 0 Å². The molecule has 4 aromatic carbocycles. The van der Waals surface area contributed by atoms with Gasteiger partial charge in [-0.3, -0.25) is 4.79 Å². The number of fused-ring (bicyclic) bond motifs is 3. The Morgan fingerprint density at radius 2 is 1.34 bits per heavy atom. The number of hydrogen-bond donors (Lipinski definition) is 1. The van der Waals surface area contributed by atoms with E-state index in [9.17, 15) is 4.79 Å². The largest absolute Gasteiger partial charge is 0.496 e. The van der Waals surface area contributed by atoms with Gasteiger partial charge in [0.25, 0.3) is 0 Å². The molecule has 1 N–H and O–H groups in total. The van der Waals surface area contributed by atoms with Crippen LogP contribution < -0.4 is 10.1 Å². The van der Waals surface area contributed by atoms with Crippen molar-refractivity contribution in [1.82, 2.24) is 0 Å². The Hall–Kier alpha value is -3.93. The second-order valence-corrected chi connectivity index (χ2v) is 11.7. The maximum atomic E-state index is 12.2. The van der Waals surface area contributed by atoms with Crippen LogP contribution in [0.15, 0.2) is 72.8 Å². The van der Waals surface area contributed by atoms with E-state index in [-0.39, 0.29) is 18.1 Å². The molecule has 2 unspecified atom stereocenters. The van der Waals surface area contributed by atoms with Crippen molar-refractivity contribution in [3.05, 3.63) is 117 Å². The van der Waals surface area contributed by atoms with Crippen LogP contribution in [0, 0.1) is 13.8 Å². The third-order valence-electron chi connectivity index (χ3n) is 8.79. The van der Waals surface area contributed by atoms with E-state index >= 15 is 0 Å². The minimum Gasteiger partial charge on any atom is -0.496 e. The van der Waals surface area contributed by atoms with Crippen molar-refractivity contribution in [3.63, 3.8) is 0 Å². The molecular weight excluding hydrogens is 510 g/mol. The van der Waals surface area contributed by atoms with Gasteiger partial charge in [-0.15, -0.1) is 0 Å².